The van der Waals surface area contributed by atoms with Crippen molar-refractivity contribution in [3.63, 3.8) is 0 Å². The first-order chi connectivity index (χ1) is 12.6. The SMILES string of the molecule is CN(C)[C@@H](CNC(=O)C1=NN(c2ccccc2)C(=O)CC1)c1ccco1. The quantitative estimate of drug-likeness (QED) is 0.862. The van der Waals surface area contributed by atoms with Crippen molar-refractivity contribution < 1.29 is 14.0 Å². The van der Waals surface area contributed by atoms with Crippen molar-refractivity contribution >= 4 is 23.2 Å². The van der Waals surface area contributed by atoms with Gasteiger partial charge in [-0.25, -0.2) is 5.01 Å². The molecule has 0 fully saturated rings. The second-order valence-electron chi connectivity index (χ2n) is 6.29. The van der Waals surface area contributed by atoms with Crippen LogP contribution in [0.5, 0.6) is 0 Å². The minimum atomic E-state index is -0.267. The van der Waals surface area contributed by atoms with E-state index in [1.54, 1.807) is 18.4 Å². The zero-order valence-electron chi connectivity index (χ0n) is 14.9. The number of hydrogen-bond acceptors (Lipinski definition) is 5. The van der Waals surface area contributed by atoms with Gasteiger partial charge in [-0.15, -0.1) is 0 Å². The van der Waals surface area contributed by atoms with Crippen LogP contribution in [0.3, 0.4) is 0 Å². The Labute approximate surface area is 152 Å². The molecule has 0 saturated carbocycles. The van der Waals surface area contributed by atoms with E-state index >= 15 is 0 Å². The van der Waals surface area contributed by atoms with Gasteiger partial charge in [-0.05, 0) is 38.4 Å². The van der Waals surface area contributed by atoms with Gasteiger partial charge in [0, 0.05) is 19.4 Å². The first-order valence-electron chi connectivity index (χ1n) is 8.50. The fraction of sp³-hybridized carbons (Fsp3) is 0.316. The third kappa shape index (κ3) is 4.00. The molecule has 7 heteroatoms. The smallest absolute Gasteiger partial charge is 0.267 e. The third-order valence-corrected chi connectivity index (χ3v) is 4.25. The molecule has 1 atom stereocenters. The van der Waals surface area contributed by atoms with E-state index in [-0.39, 0.29) is 24.3 Å². The highest BCUT2D eigenvalue weighted by Gasteiger charge is 2.26. The molecule has 1 N–H and O–H groups in total. The number of para-hydroxylation sites is 1. The van der Waals surface area contributed by atoms with Gasteiger partial charge in [-0.2, -0.15) is 5.10 Å². The number of nitrogens with one attached hydrogen (secondary N) is 1. The Morgan fingerprint density at radius 2 is 2.00 bits per heavy atom. The molecule has 2 aromatic rings. The maximum absolute atomic E-state index is 12.5. The third-order valence-electron chi connectivity index (χ3n) is 4.25. The number of benzene rings is 1. The molecule has 136 valence electrons. The molecule has 3 rings (SSSR count). The Kier molecular flexibility index (Phi) is 5.48. The molecule has 0 aliphatic carbocycles. The van der Waals surface area contributed by atoms with Crippen LogP contribution in [0, 0.1) is 0 Å². The lowest BCUT2D eigenvalue weighted by Crippen LogP contribution is -2.41. The second-order valence-corrected chi connectivity index (χ2v) is 6.29. The zero-order valence-corrected chi connectivity index (χ0v) is 14.9. The summed E-state index contributed by atoms with van der Waals surface area (Å²) >= 11 is 0. The average Bonchev–Trinajstić information content (AvgIpc) is 3.17. The average molecular weight is 354 g/mol. The highest BCUT2D eigenvalue weighted by Crippen LogP contribution is 2.20. The summed E-state index contributed by atoms with van der Waals surface area (Å²) in [5.74, 6) is 0.397. The van der Waals surface area contributed by atoms with E-state index < -0.39 is 0 Å². The van der Waals surface area contributed by atoms with Crippen molar-refractivity contribution in [2.75, 3.05) is 25.6 Å². The van der Waals surface area contributed by atoms with Crippen LogP contribution in [0.1, 0.15) is 24.6 Å². The number of hydrazone groups is 1. The van der Waals surface area contributed by atoms with Gasteiger partial charge in [0.25, 0.3) is 5.91 Å². The van der Waals surface area contributed by atoms with Crippen molar-refractivity contribution in [3.05, 3.63) is 54.5 Å². The van der Waals surface area contributed by atoms with Crippen molar-refractivity contribution in [1.82, 2.24) is 10.2 Å². The number of anilines is 1. The largest absolute Gasteiger partial charge is 0.468 e. The van der Waals surface area contributed by atoms with E-state index in [0.717, 1.165) is 5.76 Å². The molecule has 2 amide bonds. The Balaban J connectivity index is 1.70. The van der Waals surface area contributed by atoms with E-state index in [9.17, 15) is 9.59 Å². The lowest BCUT2D eigenvalue weighted by atomic mass is 10.1. The van der Waals surface area contributed by atoms with E-state index in [2.05, 4.69) is 10.4 Å². The number of nitrogens with zero attached hydrogens (tertiary/aromatic N) is 3. The standard InChI is InChI=1S/C19H22N4O3/c1-22(2)16(17-9-6-12-26-17)13-20-19(25)15-10-11-18(24)23(21-15)14-7-4-3-5-8-14/h3-9,12,16H,10-11,13H2,1-2H3,(H,20,25)/t16-/m0/s1. The molecule has 1 aromatic heterocycles. The highest BCUT2D eigenvalue weighted by molar-refractivity contribution is 6.40. The number of carbonyl (C=O) groups excluding carboxylic acids is 2. The molecule has 0 saturated heterocycles. The van der Waals surface area contributed by atoms with Gasteiger partial charge in [0.15, 0.2) is 0 Å². The fourth-order valence-electron chi connectivity index (χ4n) is 2.80. The predicted octanol–water partition coefficient (Wildman–Crippen LogP) is 2.18. The second kappa shape index (κ2) is 7.97. The molecule has 1 aliphatic rings. The molecule has 0 unspecified atom stereocenters. The van der Waals surface area contributed by atoms with E-state index in [4.69, 9.17) is 4.42 Å². The van der Waals surface area contributed by atoms with Crippen molar-refractivity contribution in [2.24, 2.45) is 5.10 Å². The van der Waals surface area contributed by atoms with E-state index in [1.165, 1.54) is 5.01 Å². The first kappa shape index (κ1) is 17.9. The van der Waals surface area contributed by atoms with Gasteiger partial charge in [0.1, 0.15) is 11.5 Å². The number of likely N-dealkylation sites (N-methyl/N-ethyl adjacent to an activating group) is 1. The van der Waals surface area contributed by atoms with Crippen LogP contribution in [0.25, 0.3) is 0 Å². The normalized spacial score (nSPS) is 15.7. The van der Waals surface area contributed by atoms with Crippen LogP contribution < -0.4 is 10.3 Å². The zero-order chi connectivity index (χ0) is 18.5. The number of carbonyl (C=O) groups is 2. The molecule has 1 aromatic carbocycles. The van der Waals surface area contributed by atoms with Gasteiger partial charge in [-0.1, -0.05) is 18.2 Å². The Morgan fingerprint density at radius 3 is 2.65 bits per heavy atom. The molecular weight excluding hydrogens is 332 g/mol. The van der Waals surface area contributed by atoms with Crippen molar-refractivity contribution in [3.8, 4) is 0 Å². The topological polar surface area (TPSA) is 78.2 Å². The summed E-state index contributed by atoms with van der Waals surface area (Å²) < 4.78 is 5.45. The number of hydrogen-bond donors (Lipinski definition) is 1. The van der Waals surface area contributed by atoms with Crippen LogP contribution in [-0.4, -0.2) is 43.1 Å². The summed E-state index contributed by atoms with van der Waals surface area (Å²) in [7, 11) is 3.85. The molecule has 7 nitrogen and oxygen atoms in total. The molecular formula is C19H22N4O3. The molecule has 2 heterocycles. The summed E-state index contributed by atoms with van der Waals surface area (Å²) in [6, 6.07) is 12.7. The van der Waals surface area contributed by atoms with Gasteiger partial charge in [0.2, 0.25) is 5.91 Å². The number of rotatable bonds is 6. The summed E-state index contributed by atoms with van der Waals surface area (Å²) in [6.45, 7) is 0.387. The van der Waals surface area contributed by atoms with Crippen LogP contribution in [0.2, 0.25) is 0 Å². The molecule has 0 bridgehead atoms. The van der Waals surface area contributed by atoms with Crippen LogP contribution in [-0.2, 0) is 9.59 Å². The summed E-state index contributed by atoms with van der Waals surface area (Å²) in [6.07, 6.45) is 2.21. The molecule has 26 heavy (non-hydrogen) atoms. The van der Waals surface area contributed by atoms with Crippen LogP contribution in [0.4, 0.5) is 5.69 Å². The van der Waals surface area contributed by atoms with Crippen molar-refractivity contribution in [2.45, 2.75) is 18.9 Å². The summed E-state index contributed by atoms with van der Waals surface area (Å²) in [5, 5.41) is 8.47. The minimum Gasteiger partial charge on any atom is -0.468 e. The molecule has 0 spiro atoms. The van der Waals surface area contributed by atoms with E-state index in [1.807, 2.05) is 49.3 Å². The number of amides is 2. The lowest BCUT2D eigenvalue weighted by molar-refractivity contribution is -0.119. The Bertz CT molecular complexity index is 784. The van der Waals surface area contributed by atoms with Gasteiger partial charge >= 0.3 is 0 Å². The predicted molar refractivity (Wildman–Crippen MR) is 98.7 cm³/mol. The molecule has 0 radical (unpaired) electrons. The fourth-order valence-corrected chi connectivity index (χ4v) is 2.80. The lowest BCUT2D eigenvalue weighted by Gasteiger charge is -2.25. The molecule has 1 aliphatic heterocycles. The maximum atomic E-state index is 12.5. The number of furan rings is 1. The van der Waals surface area contributed by atoms with Gasteiger partial charge < -0.3 is 9.73 Å². The van der Waals surface area contributed by atoms with Gasteiger partial charge in [0.05, 0.1) is 18.0 Å². The van der Waals surface area contributed by atoms with Gasteiger partial charge in [-0.3, -0.25) is 14.5 Å². The highest BCUT2D eigenvalue weighted by atomic mass is 16.3. The van der Waals surface area contributed by atoms with Crippen LogP contribution in [0.15, 0.2) is 58.2 Å². The van der Waals surface area contributed by atoms with Crippen LogP contribution >= 0.6 is 0 Å². The van der Waals surface area contributed by atoms with Crippen molar-refractivity contribution in [1.29, 1.82) is 0 Å². The minimum absolute atomic E-state index is 0.0787. The monoisotopic (exact) mass is 354 g/mol. The maximum Gasteiger partial charge on any atom is 0.267 e. The summed E-state index contributed by atoms with van der Waals surface area (Å²) in [5.41, 5.74) is 1.01. The summed E-state index contributed by atoms with van der Waals surface area (Å²) in [4.78, 5) is 26.7. The van der Waals surface area contributed by atoms with E-state index in [0.29, 0.717) is 24.4 Å². The Morgan fingerprint density at radius 1 is 1.23 bits per heavy atom. The Hall–Kier alpha value is -2.93. The first-order valence-corrected chi connectivity index (χ1v) is 8.50.